The number of nitrogens with one attached hydrogen (secondary N) is 1. The Labute approximate surface area is 155 Å². The molecule has 0 saturated carbocycles. The molecule has 5 heteroatoms. The highest BCUT2D eigenvalue weighted by Gasteiger charge is 2.24. The number of hydrogen-bond acceptors (Lipinski definition) is 4. The van der Waals surface area contributed by atoms with Gasteiger partial charge >= 0.3 is 0 Å². The summed E-state index contributed by atoms with van der Waals surface area (Å²) in [5.41, 5.74) is 2.28. The Kier molecular flexibility index (Phi) is 6.47. The zero-order valence-electron chi connectivity index (χ0n) is 15.4. The smallest absolute Gasteiger partial charge is 0.223 e. The van der Waals surface area contributed by atoms with Crippen molar-refractivity contribution in [1.82, 2.24) is 10.3 Å². The first-order chi connectivity index (χ1) is 12.8. The van der Waals surface area contributed by atoms with Gasteiger partial charge in [0.2, 0.25) is 5.91 Å². The van der Waals surface area contributed by atoms with E-state index < -0.39 is 0 Å². The first-order valence-electron chi connectivity index (χ1n) is 9.40. The number of piperidine rings is 1. The first kappa shape index (κ1) is 18.2. The minimum Gasteiger partial charge on any atom is -0.494 e. The van der Waals surface area contributed by atoms with Crippen LogP contribution >= 0.6 is 0 Å². The van der Waals surface area contributed by atoms with Gasteiger partial charge in [0.25, 0.3) is 0 Å². The van der Waals surface area contributed by atoms with Crippen molar-refractivity contribution in [3.63, 3.8) is 0 Å². The van der Waals surface area contributed by atoms with Gasteiger partial charge < -0.3 is 15.0 Å². The van der Waals surface area contributed by atoms with Crippen LogP contribution in [0.4, 0.5) is 5.69 Å². The average molecular weight is 353 g/mol. The molecule has 138 valence electrons. The van der Waals surface area contributed by atoms with Gasteiger partial charge in [0.15, 0.2) is 0 Å². The van der Waals surface area contributed by atoms with Crippen LogP contribution in [-0.4, -0.2) is 30.6 Å². The van der Waals surface area contributed by atoms with Crippen molar-refractivity contribution < 1.29 is 9.53 Å². The lowest BCUT2D eigenvalue weighted by molar-refractivity contribution is -0.125. The summed E-state index contributed by atoms with van der Waals surface area (Å²) in [5, 5.41) is 3.08. The van der Waals surface area contributed by atoms with Gasteiger partial charge in [-0.1, -0.05) is 19.1 Å². The minimum absolute atomic E-state index is 0.0975. The fourth-order valence-electron chi connectivity index (χ4n) is 3.21. The topological polar surface area (TPSA) is 54.5 Å². The van der Waals surface area contributed by atoms with Crippen LogP contribution in [0.3, 0.4) is 0 Å². The van der Waals surface area contributed by atoms with Crippen LogP contribution in [0.5, 0.6) is 5.75 Å². The Morgan fingerprint density at radius 1 is 1.15 bits per heavy atom. The third-order valence-corrected chi connectivity index (χ3v) is 4.76. The Morgan fingerprint density at radius 2 is 1.85 bits per heavy atom. The molecule has 2 heterocycles. The molecular weight excluding hydrogens is 326 g/mol. The number of benzene rings is 1. The van der Waals surface area contributed by atoms with Crippen molar-refractivity contribution in [2.45, 2.75) is 32.7 Å². The Hall–Kier alpha value is -2.56. The van der Waals surface area contributed by atoms with E-state index in [1.165, 1.54) is 5.69 Å². The number of carbonyl (C=O) groups is 1. The summed E-state index contributed by atoms with van der Waals surface area (Å²) in [4.78, 5) is 18.8. The van der Waals surface area contributed by atoms with E-state index in [9.17, 15) is 4.79 Å². The lowest BCUT2D eigenvalue weighted by atomic mass is 9.95. The highest BCUT2D eigenvalue weighted by atomic mass is 16.5. The molecule has 0 atom stereocenters. The molecule has 1 aromatic heterocycles. The number of anilines is 1. The minimum atomic E-state index is 0.0975. The zero-order valence-corrected chi connectivity index (χ0v) is 15.4. The molecule has 1 amide bonds. The SMILES string of the molecule is CCCOc1ccc(CNC(=O)C2CCN(c3ccncc3)CC2)cc1. The fourth-order valence-corrected chi connectivity index (χ4v) is 3.21. The van der Waals surface area contributed by atoms with Crippen molar-refractivity contribution in [3.05, 3.63) is 54.4 Å². The van der Waals surface area contributed by atoms with Crippen molar-refractivity contribution in [2.75, 3.05) is 24.6 Å². The van der Waals surface area contributed by atoms with Crippen LogP contribution in [0, 0.1) is 5.92 Å². The summed E-state index contributed by atoms with van der Waals surface area (Å²) in [6, 6.07) is 12.0. The third kappa shape index (κ3) is 4.97. The van der Waals surface area contributed by atoms with Crippen molar-refractivity contribution in [1.29, 1.82) is 0 Å². The van der Waals surface area contributed by atoms with E-state index in [1.807, 2.05) is 48.8 Å². The summed E-state index contributed by atoms with van der Waals surface area (Å²) < 4.78 is 5.58. The number of amides is 1. The number of hydrogen-bond donors (Lipinski definition) is 1. The molecule has 0 radical (unpaired) electrons. The molecular formula is C21H27N3O2. The standard InChI is InChI=1S/C21H27N3O2/c1-2-15-26-20-5-3-17(4-6-20)16-23-21(25)18-9-13-24(14-10-18)19-7-11-22-12-8-19/h3-8,11-12,18H,2,9-10,13-16H2,1H3,(H,23,25). The molecule has 1 saturated heterocycles. The summed E-state index contributed by atoms with van der Waals surface area (Å²) in [6.45, 7) is 5.20. The van der Waals surface area contributed by atoms with Crippen LogP contribution in [0.1, 0.15) is 31.7 Å². The molecule has 0 spiro atoms. The molecule has 0 bridgehead atoms. The van der Waals surface area contributed by atoms with Gasteiger partial charge in [-0.3, -0.25) is 9.78 Å². The molecule has 1 N–H and O–H groups in total. The summed E-state index contributed by atoms with van der Waals surface area (Å²) in [7, 11) is 0. The monoisotopic (exact) mass is 353 g/mol. The van der Waals surface area contributed by atoms with Crippen molar-refractivity contribution in [2.24, 2.45) is 5.92 Å². The molecule has 2 aromatic rings. The van der Waals surface area contributed by atoms with E-state index >= 15 is 0 Å². The van der Waals surface area contributed by atoms with Gasteiger partial charge in [-0.05, 0) is 49.1 Å². The van der Waals surface area contributed by atoms with Crippen LogP contribution in [0.25, 0.3) is 0 Å². The van der Waals surface area contributed by atoms with Crippen LogP contribution in [0.15, 0.2) is 48.8 Å². The van der Waals surface area contributed by atoms with Gasteiger partial charge in [-0.2, -0.15) is 0 Å². The lowest BCUT2D eigenvalue weighted by Crippen LogP contribution is -2.40. The van der Waals surface area contributed by atoms with Crippen molar-refractivity contribution >= 4 is 11.6 Å². The Balaban J connectivity index is 1.43. The summed E-state index contributed by atoms with van der Waals surface area (Å²) >= 11 is 0. The molecule has 1 aliphatic heterocycles. The Morgan fingerprint density at radius 3 is 2.50 bits per heavy atom. The number of nitrogens with zero attached hydrogens (tertiary/aromatic N) is 2. The second-order valence-corrected chi connectivity index (χ2v) is 6.68. The molecule has 1 fully saturated rings. The summed E-state index contributed by atoms with van der Waals surface area (Å²) in [6.07, 6.45) is 6.40. The lowest BCUT2D eigenvalue weighted by Gasteiger charge is -2.32. The number of aromatic nitrogens is 1. The average Bonchev–Trinajstić information content (AvgIpc) is 2.72. The largest absolute Gasteiger partial charge is 0.494 e. The first-order valence-corrected chi connectivity index (χ1v) is 9.40. The van der Waals surface area contributed by atoms with E-state index in [0.29, 0.717) is 6.54 Å². The second-order valence-electron chi connectivity index (χ2n) is 6.68. The van der Waals surface area contributed by atoms with E-state index in [1.54, 1.807) is 0 Å². The molecule has 26 heavy (non-hydrogen) atoms. The quantitative estimate of drug-likeness (QED) is 0.829. The Bertz CT molecular complexity index is 680. The van der Waals surface area contributed by atoms with Gasteiger partial charge in [0.05, 0.1) is 6.61 Å². The molecule has 0 aliphatic carbocycles. The molecule has 5 nitrogen and oxygen atoms in total. The molecule has 1 aromatic carbocycles. The van der Waals surface area contributed by atoms with Crippen LogP contribution in [0.2, 0.25) is 0 Å². The summed E-state index contributed by atoms with van der Waals surface area (Å²) in [5.74, 6) is 1.14. The maximum atomic E-state index is 12.5. The molecule has 3 rings (SSSR count). The number of pyridine rings is 1. The molecule has 1 aliphatic rings. The van der Waals surface area contributed by atoms with Gasteiger partial charge in [0.1, 0.15) is 5.75 Å². The fraction of sp³-hybridized carbons (Fsp3) is 0.429. The normalized spacial score (nSPS) is 14.9. The third-order valence-electron chi connectivity index (χ3n) is 4.76. The number of ether oxygens (including phenoxy) is 1. The van der Waals surface area contributed by atoms with E-state index in [2.05, 4.69) is 22.1 Å². The van der Waals surface area contributed by atoms with Gasteiger partial charge in [0, 0.05) is 43.6 Å². The van der Waals surface area contributed by atoms with E-state index in [-0.39, 0.29) is 11.8 Å². The zero-order chi connectivity index (χ0) is 18.2. The maximum absolute atomic E-state index is 12.5. The maximum Gasteiger partial charge on any atom is 0.223 e. The van der Waals surface area contributed by atoms with Crippen molar-refractivity contribution in [3.8, 4) is 5.75 Å². The second kappa shape index (κ2) is 9.22. The number of rotatable bonds is 7. The number of carbonyl (C=O) groups excluding carboxylic acids is 1. The van der Waals surface area contributed by atoms with Crippen LogP contribution < -0.4 is 15.0 Å². The highest BCUT2D eigenvalue weighted by Crippen LogP contribution is 2.23. The highest BCUT2D eigenvalue weighted by molar-refractivity contribution is 5.79. The van der Waals surface area contributed by atoms with E-state index in [0.717, 1.165) is 50.3 Å². The van der Waals surface area contributed by atoms with Crippen LogP contribution in [-0.2, 0) is 11.3 Å². The van der Waals surface area contributed by atoms with Gasteiger partial charge in [-0.25, -0.2) is 0 Å². The molecule has 0 unspecified atom stereocenters. The predicted octanol–water partition coefficient (Wildman–Crippen LogP) is 3.40. The van der Waals surface area contributed by atoms with Gasteiger partial charge in [-0.15, -0.1) is 0 Å². The predicted molar refractivity (Wildman–Crippen MR) is 103 cm³/mol. The van der Waals surface area contributed by atoms with E-state index in [4.69, 9.17) is 4.74 Å².